The number of rotatable bonds is 5. The van der Waals surface area contributed by atoms with Crippen LogP contribution >= 0.6 is 11.3 Å². The fraction of sp³-hybridized carbons (Fsp3) is 0.217. The molecule has 3 aromatic heterocycles. The molecule has 4 rings (SSSR count). The van der Waals surface area contributed by atoms with E-state index in [0.717, 1.165) is 23.4 Å². The van der Waals surface area contributed by atoms with Crippen molar-refractivity contribution in [2.45, 2.75) is 33.7 Å². The van der Waals surface area contributed by atoms with Gasteiger partial charge in [-0.3, -0.25) is 14.9 Å². The normalized spacial score (nSPS) is 11.0. The summed E-state index contributed by atoms with van der Waals surface area (Å²) in [4.78, 5) is 34.7. The van der Waals surface area contributed by atoms with E-state index in [-0.39, 0.29) is 11.0 Å². The number of nitrogens with zero attached hydrogens (tertiary/aromatic N) is 3. The van der Waals surface area contributed by atoms with Crippen LogP contribution in [0.5, 0.6) is 0 Å². The van der Waals surface area contributed by atoms with Gasteiger partial charge in [0, 0.05) is 29.4 Å². The second-order valence-electron chi connectivity index (χ2n) is 7.02. The molecule has 0 radical (unpaired) electrons. The standard InChI is InChI=1S/C23H22N4O2S/c1-4-15-7-9-16(10-8-15)19-13-30-23(25-19)26-22(29)18-12-27(5-2)21-17(20(18)28)11-6-14(3)24-21/h6-13H,4-5H2,1-3H3,(H,25,26,29). The van der Waals surface area contributed by atoms with Crippen LogP contribution in [-0.4, -0.2) is 20.4 Å². The number of nitrogens with one attached hydrogen (secondary N) is 1. The predicted molar refractivity (Wildman–Crippen MR) is 121 cm³/mol. The third-order valence-corrected chi connectivity index (χ3v) is 5.79. The average molecular weight is 419 g/mol. The number of carbonyl (C=O) groups excluding carboxylic acids is 1. The van der Waals surface area contributed by atoms with Crippen molar-refractivity contribution in [1.82, 2.24) is 14.5 Å². The lowest BCUT2D eigenvalue weighted by atomic mass is 10.1. The molecule has 0 atom stereocenters. The number of pyridine rings is 2. The smallest absolute Gasteiger partial charge is 0.262 e. The van der Waals surface area contributed by atoms with Crippen molar-refractivity contribution in [3.8, 4) is 11.3 Å². The number of fused-ring (bicyclic) bond motifs is 1. The Kier molecular flexibility index (Phi) is 5.46. The molecule has 0 saturated carbocycles. The van der Waals surface area contributed by atoms with Crippen molar-refractivity contribution >= 4 is 33.4 Å². The van der Waals surface area contributed by atoms with Gasteiger partial charge in [0.25, 0.3) is 5.91 Å². The van der Waals surface area contributed by atoms with E-state index in [2.05, 4.69) is 34.3 Å². The van der Waals surface area contributed by atoms with E-state index in [4.69, 9.17) is 0 Å². The van der Waals surface area contributed by atoms with Gasteiger partial charge >= 0.3 is 0 Å². The molecule has 1 N–H and O–H groups in total. The second-order valence-corrected chi connectivity index (χ2v) is 7.88. The van der Waals surface area contributed by atoms with E-state index in [1.807, 2.05) is 35.9 Å². The highest BCUT2D eigenvalue weighted by atomic mass is 32.1. The van der Waals surface area contributed by atoms with Gasteiger partial charge in [-0.2, -0.15) is 0 Å². The van der Waals surface area contributed by atoms with Gasteiger partial charge < -0.3 is 4.57 Å². The molecule has 0 bridgehead atoms. The molecule has 1 aromatic carbocycles. The number of aryl methyl sites for hydroxylation is 3. The quantitative estimate of drug-likeness (QED) is 0.511. The van der Waals surface area contributed by atoms with Gasteiger partial charge in [-0.1, -0.05) is 31.2 Å². The van der Waals surface area contributed by atoms with E-state index in [9.17, 15) is 9.59 Å². The van der Waals surface area contributed by atoms with E-state index >= 15 is 0 Å². The number of anilines is 1. The van der Waals surface area contributed by atoms with Crippen molar-refractivity contribution < 1.29 is 4.79 Å². The summed E-state index contributed by atoms with van der Waals surface area (Å²) in [7, 11) is 0. The van der Waals surface area contributed by atoms with Gasteiger partial charge in [-0.05, 0) is 38.0 Å². The topological polar surface area (TPSA) is 76.9 Å². The van der Waals surface area contributed by atoms with Crippen molar-refractivity contribution in [3.05, 3.63) is 75.0 Å². The summed E-state index contributed by atoms with van der Waals surface area (Å²) >= 11 is 1.33. The van der Waals surface area contributed by atoms with Crippen LogP contribution in [0.4, 0.5) is 5.13 Å². The molecule has 4 aromatic rings. The minimum absolute atomic E-state index is 0.0825. The molecule has 0 aliphatic rings. The molecular weight excluding hydrogens is 396 g/mol. The molecule has 7 heteroatoms. The Labute approximate surface area is 178 Å². The maximum atomic E-state index is 12.9. The van der Waals surface area contributed by atoms with Crippen LogP contribution in [0.3, 0.4) is 0 Å². The average Bonchev–Trinajstić information content (AvgIpc) is 3.22. The predicted octanol–water partition coefficient (Wildman–Crippen LogP) is 4.66. The van der Waals surface area contributed by atoms with Gasteiger partial charge in [0.05, 0.1) is 11.1 Å². The number of thiazole rings is 1. The lowest BCUT2D eigenvalue weighted by Gasteiger charge is -2.11. The van der Waals surface area contributed by atoms with Crippen LogP contribution < -0.4 is 10.7 Å². The first kappa shape index (κ1) is 20.0. The molecule has 152 valence electrons. The first-order chi connectivity index (χ1) is 14.5. The summed E-state index contributed by atoms with van der Waals surface area (Å²) in [5.41, 5.74) is 4.21. The van der Waals surface area contributed by atoms with Crippen LogP contribution in [0.2, 0.25) is 0 Å². The Bertz CT molecular complexity index is 1290. The van der Waals surface area contributed by atoms with Crippen molar-refractivity contribution in [2.24, 2.45) is 0 Å². The van der Waals surface area contributed by atoms with E-state index in [1.165, 1.54) is 16.9 Å². The third kappa shape index (κ3) is 3.76. The summed E-state index contributed by atoms with van der Waals surface area (Å²) in [5, 5.41) is 5.56. The zero-order chi connectivity index (χ0) is 21.3. The Balaban J connectivity index is 1.63. The number of benzene rings is 1. The van der Waals surface area contributed by atoms with Crippen LogP contribution in [-0.2, 0) is 13.0 Å². The molecule has 1 amide bonds. The first-order valence-corrected chi connectivity index (χ1v) is 10.7. The van der Waals surface area contributed by atoms with Crippen LogP contribution in [0.25, 0.3) is 22.3 Å². The zero-order valence-electron chi connectivity index (χ0n) is 17.1. The number of hydrogen-bond donors (Lipinski definition) is 1. The molecule has 0 aliphatic carbocycles. The van der Waals surface area contributed by atoms with Gasteiger partial charge in [0.1, 0.15) is 11.2 Å². The third-order valence-electron chi connectivity index (χ3n) is 5.03. The summed E-state index contributed by atoms with van der Waals surface area (Å²) in [6.07, 6.45) is 2.55. The highest BCUT2D eigenvalue weighted by Gasteiger charge is 2.17. The van der Waals surface area contributed by atoms with E-state index in [1.54, 1.807) is 18.3 Å². The molecule has 0 spiro atoms. The van der Waals surface area contributed by atoms with Gasteiger partial charge in [-0.25, -0.2) is 9.97 Å². The van der Waals surface area contributed by atoms with Gasteiger partial charge in [-0.15, -0.1) is 11.3 Å². The summed E-state index contributed by atoms with van der Waals surface area (Å²) in [5.74, 6) is -0.466. The maximum absolute atomic E-state index is 12.9. The Morgan fingerprint density at radius 1 is 1.10 bits per heavy atom. The second kappa shape index (κ2) is 8.20. The first-order valence-electron chi connectivity index (χ1n) is 9.87. The van der Waals surface area contributed by atoms with Crippen LogP contribution in [0.1, 0.15) is 35.5 Å². The molecule has 30 heavy (non-hydrogen) atoms. The highest BCUT2D eigenvalue weighted by Crippen LogP contribution is 2.25. The fourth-order valence-corrected chi connectivity index (χ4v) is 4.02. The summed E-state index contributed by atoms with van der Waals surface area (Å²) in [6, 6.07) is 11.7. The number of aromatic nitrogens is 3. The number of hydrogen-bond acceptors (Lipinski definition) is 5. The van der Waals surface area contributed by atoms with Crippen LogP contribution in [0.15, 0.2) is 52.8 Å². The van der Waals surface area contributed by atoms with Gasteiger partial charge in [0.2, 0.25) is 5.43 Å². The number of carbonyl (C=O) groups is 1. The lowest BCUT2D eigenvalue weighted by Crippen LogP contribution is -2.24. The molecule has 6 nitrogen and oxygen atoms in total. The Morgan fingerprint density at radius 3 is 2.57 bits per heavy atom. The van der Waals surface area contributed by atoms with E-state index < -0.39 is 5.91 Å². The van der Waals surface area contributed by atoms with Gasteiger partial charge in [0.15, 0.2) is 5.13 Å². The summed E-state index contributed by atoms with van der Waals surface area (Å²) < 4.78 is 1.82. The van der Waals surface area contributed by atoms with Crippen molar-refractivity contribution in [1.29, 1.82) is 0 Å². The minimum atomic E-state index is -0.466. The van der Waals surface area contributed by atoms with Crippen LogP contribution in [0, 0.1) is 6.92 Å². The Morgan fingerprint density at radius 2 is 1.87 bits per heavy atom. The Hall–Kier alpha value is -3.32. The minimum Gasteiger partial charge on any atom is -0.332 e. The monoisotopic (exact) mass is 418 g/mol. The fourth-order valence-electron chi connectivity index (χ4n) is 3.30. The SMILES string of the molecule is CCc1ccc(-c2csc(NC(=O)c3cn(CC)c4nc(C)ccc4c3=O)n2)cc1. The molecule has 0 aliphatic heterocycles. The molecule has 3 heterocycles. The lowest BCUT2D eigenvalue weighted by molar-refractivity contribution is 0.102. The summed E-state index contributed by atoms with van der Waals surface area (Å²) in [6.45, 7) is 6.54. The van der Waals surface area contributed by atoms with E-state index in [0.29, 0.717) is 22.7 Å². The molecule has 0 fully saturated rings. The molecular formula is C23H22N4O2S. The van der Waals surface area contributed by atoms with Crippen molar-refractivity contribution in [2.75, 3.05) is 5.32 Å². The number of amides is 1. The zero-order valence-corrected chi connectivity index (χ0v) is 17.9. The molecule has 0 saturated heterocycles. The maximum Gasteiger partial charge on any atom is 0.262 e. The molecule has 0 unspecified atom stereocenters. The van der Waals surface area contributed by atoms with Crippen molar-refractivity contribution in [3.63, 3.8) is 0 Å². The highest BCUT2D eigenvalue weighted by molar-refractivity contribution is 7.14. The largest absolute Gasteiger partial charge is 0.332 e.